The van der Waals surface area contributed by atoms with Crippen LogP contribution in [0.1, 0.15) is 30.7 Å². The first-order valence-electron chi connectivity index (χ1n) is 6.47. The fourth-order valence-corrected chi connectivity index (χ4v) is 3.62. The van der Waals surface area contributed by atoms with Crippen molar-refractivity contribution in [3.05, 3.63) is 17.5 Å². The van der Waals surface area contributed by atoms with Crippen molar-refractivity contribution in [1.82, 2.24) is 10.1 Å². The number of aromatic nitrogens is 1. The monoisotopic (exact) mass is 236 g/mol. The summed E-state index contributed by atoms with van der Waals surface area (Å²) in [5.74, 6) is 1.62. The Kier molecular flexibility index (Phi) is 2.71. The summed E-state index contributed by atoms with van der Waals surface area (Å²) in [6, 6.07) is 2.00. The summed E-state index contributed by atoms with van der Waals surface area (Å²) in [5, 5.41) is 13.6. The summed E-state index contributed by atoms with van der Waals surface area (Å²) in [7, 11) is 0. The normalized spacial score (nSPS) is 33.2. The van der Waals surface area contributed by atoms with Gasteiger partial charge in [0, 0.05) is 24.6 Å². The van der Waals surface area contributed by atoms with Crippen LogP contribution in [0.4, 0.5) is 0 Å². The molecular weight excluding hydrogens is 216 g/mol. The van der Waals surface area contributed by atoms with Crippen LogP contribution in [0.15, 0.2) is 10.6 Å². The second-order valence-corrected chi connectivity index (χ2v) is 5.71. The minimum Gasteiger partial charge on any atom is -0.396 e. The van der Waals surface area contributed by atoms with Crippen molar-refractivity contribution in [2.45, 2.75) is 32.7 Å². The van der Waals surface area contributed by atoms with Crippen molar-refractivity contribution in [2.24, 2.45) is 11.3 Å². The lowest BCUT2D eigenvalue weighted by Crippen LogP contribution is -2.30. The molecule has 3 rings (SSSR count). The quantitative estimate of drug-likeness (QED) is 0.865. The zero-order valence-corrected chi connectivity index (χ0v) is 10.4. The number of hydrogen-bond donors (Lipinski definition) is 1. The molecule has 1 N–H and O–H groups in total. The Morgan fingerprint density at radius 1 is 1.65 bits per heavy atom. The number of aliphatic hydroxyl groups excluding tert-OH is 1. The highest BCUT2D eigenvalue weighted by atomic mass is 16.5. The average Bonchev–Trinajstić information content (AvgIpc) is 2.93. The van der Waals surface area contributed by atoms with Crippen LogP contribution >= 0.6 is 0 Å². The van der Waals surface area contributed by atoms with Crippen LogP contribution in [0, 0.1) is 18.3 Å². The Labute approximate surface area is 102 Å². The average molecular weight is 236 g/mol. The van der Waals surface area contributed by atoms with Crippen LogP contribution in [-0.2, 0) is 6.54 Å². The van der Waals surface area contributed by atoms with Gasteiger partial charge in [0.1, 0.15) is 0 Å². The molecule has 1 saturated carbocycles. The summed E-state index contributed by atoms with van der Waals surface area (Å²) in [6.07, 6.45) is 3.73. The summed E-state index contributed by atoms with van der Waals surface area (Å²) in [5.41, 5.74) is 1.12. The molecule has 2 unspecified atom stereocenters. The van der Waals surface area contributed by atoms with E-state index >= 15 is 0 Å². The van der Waals surface area contributed by atoms with Crippen LogP contribution < -0.4 is 0 Å². The molecule has 0 spiro atoms. The first kappa shape index (κ1) is 11.2. The molecule has 0 amide bonds. The van der Waals surface area contributed by atoms with Gasteiger partial charge >= 0.3 is 0 Å². The van der Waals surface area contributed by atoms with Gasteiger partial charge in [0.2, 0.25) is 0 Å². The molecule has 1 aliphatic carbocycles. The van der Waals surface area contributed by atoms with E-state index in [1.807, 2.05) is 13.0 Å². The lowest BCUT2D eigenvalue weighted by molar-refractivity contribution is 0.110. The van der Waals surface area contributed by atoms with Crippen molar-refractivity contribution >= 4 is 0 Å². The third-order valence-electron chi connectivity index (χ3n) is 4.48. The Bertz CT molecular complexity index is 404. The predicted octanol–water partition coefficient (Wildman–Crippen LogP) is 1.58. The topological polar surface area (TPSA) is 49.5 Å². The third-order valence-corrected chi connectivity index (χ3v) is 4.48. The smallest absolute Gasteiger partial charge is 0.150 e. The first-order valence-corrected chi connectivity index (χ1v) is 6.47. The van der Waals surface area contributed by atoms with Gasteiger partial charge in [-0.25, -0.2) is 0 Å². The number of aliphatic hydroxyl groups is 1. The molecule has 0 bridgehead atoms. The van der Waals surface area contributed by atoms with Crippen LogP contribution in [0.25, 0.3) is 0 Å². The van der Waals surface area contributed by atoms with Crippen LogP contribution in [0.5, 0.6) is 0 Å². The molecule has 17 heavy (non-hydrogen) atoms. The van der Waals surface area contributed by atoms with Crippen molar-refractivity contribution < 1.29 is 9.63 Å². The van der Waals surface area contributed by atoms with E-state index in [1.54, 1.807) is 0 Å². The van der Waals surface area contributed by atoms with Crippen LogP contribution in [0.2, 0.25) is 0 Å². The minimum absolute atomic E-state index is 0.176. The van der Waals surface area contributed by atoms with E-state index in [0.717, 1.165) is 31.1 Å². The highest BCUT2D eigenvalue weighted by Gasteiger charge is 2.48. The maximum Gasteiger partial charge on any atom is 0.150 e. The zero-order chi connectivity index (χ0) is 11.9. The number of hydrogen-bond acceptors (Lipinski definition) is 4. The van der Waals surface area contributed by atoms with Crippen molar-refractivity contribution in [1.29, 1.82) is 0 Å². The molecule has 2 aliphatic rings. The van der Waals surface area contributed by atoms with Gasteiger partial charge in [-0.3, -0.25) is 4.90 Å². The van der Waals surface area contributed by atoms with Gasteiger partial charge in [-0.05, 0) is 25.7 Å². The molecule has 4 heteroatoms. The molecule has 94 valence electrons. The lowest BCUT2D eigenvalue weighted by atomic mass is 9.82. The summed E-state index contributed by atoms with van der Waals surface area (Å²) in [4.78, 5) is 2.40. The minimum atomic E-state index is 0.176. The van der Waals surface area contributed by atoms with E-state index in [0.29, 0.717) is 12.5 Å². The fourth-order valence-electron chi connectivity index (χ4n) is 3.62. The Hall–Kier alpha value is -0.870. The van der Waals surface area contributed by atoms with Gasteiger partial charge in [0.15, 0.2) is 5.76 Å². The molecule has 0 radical (unpaired) electrons. The number of fused-ring (bicyclic) bond motifs is 1. The van der Waals surface area contributed by atoms with Gasteiger partial charge in [-0.15, -0.1) is 0 Å². The van der Waals surface area contributed by atoms with E-state index in [-0.39, 0.29) is 5.41 Å². The second-order valence-electron chi connectivity index (χ2n) is 5.71. The van der Waals surface area contributed by atoms with Gasteiger partial charge in [0.05, 0.1) is 18.8 Å². The SMILES string of the molecule is Cc1cc(CN2CC3CCCC3(CO)C2)on1. The van der Waals surface area contributed by atoms with Gasteiger partial charge in [0.25, 0.3) is 0 Å². The Morgan fingerprint density at radius 3 is 3.18 bits per heavy atom. The second kappa shape index (κ2) is 4.10. The summed E-state index contributed by atoms with van der Waals surface area (Å²) in [6.45, 7) is 5.22. The molecule has 2 atom stereocenters. The van der Waals surface area contributed by atoms with Gasteiger partial charge in [-0.2, -0.15) is 0 Å². The molecule has 2 fully saturated rings. The first-order chi connectivity index (χ1) is 8.22. The summed E-state index contributed by atoms with van der Waals surface area (Å²) >= 11 is 0. The van der Waals surface area contributed by atoms with E-state index in [1.165, 1.54) is 19.3 Å². The van der Waals surface area contributed by atoms with Crippen molar-refractivity contribution in [2.75, 3.05) is 19.7 Å². The molecule has 1 saturated heterocycles. The standard InChI is InChI=1S/C13H20N2O2/c1-10-5-12(17-14-10)7-15-6-11-3-2-4-13(11,8-15)9-16/h5,11,16H,2-4,6-9H2,1H3. The molecule has 1 aromatic rings. The van der Waals surface area contributed by atoms with Crippen molar-refractivity contribution in [3.8, 4) is 0 Å². The van der Waals surface area contributed by atoms with E-state index < -0.39 is 0 Å². The van der Waals surface area contributed by atoms with E-state index in [2.05, 4.69) is 10.1 Å². The zero-order valence-electron chi connectivity index (χ0n) is 10.4. The van der Waals surface area contributed by atoms with Crippen molar-refractivity contribution in [3.63, 3.8) is 0 Å². The largest absolute Gasteiger partial charge is 0.396 e. The van der Waals surface area contributed by atoms with Crippen LogP contribution in [0.3, 0.4) is 0 Å². The molecular formula is C13H20N2O2. The molecule has 0 aromatic carbocycles. The Balaban J connectivity index is 1.68. The van der Waals surface area contributed by atoms with Gasteiger partial charge < -0.3 is 9.63 Å². The third kappa shape index (κ3) is 1.89. The maximum absolute atomic E-state index is 9.65. The number of rotatable bonds is 3. The number of likely N-dealkylation sites (tertiary alicyclic amines) is 1. The predicted molar refractivity (Wildman–Crippen MR) is 63.4 cm³/mol. The molecule has 1 aromatic heterocycles. The molecule has 1 aliphatic heterocycles. The lowest BCUT2D eigenvalue weighted by Gasteiger charge is -2.25. The molecule has 4 nitrogen and oxygen atoms in total. The van der Waals surface area contributed by atoms with Crippen LogP contribution in [-0.4, -0.2) is 34.9 Å². The summed E-state index contributed by atoms with van der Waals surface area (Å²) < 4.78 is 5.26. The van der Waals surface area contributed by atoms with E-state index in [9.17, 15) is 5.11 Å². The van der Waals surface area contributed by atoms with Gasteiger partial charge in [-0.1, -0.05) is 11.6 Å². The molecule has 2 heterocycles. The number of aryl methyl sites for hydroxylation is 1. The highest BCUT2D eigenvalue weighted by molar-refractivity contribution is 5.06. The fraction of sp³-hybridized carbons (Fsp3) is 0.769. The Morgan fingerprint density at radius 2 is 2.53 bits per heavy atom. The number of nitrogens with zero attached hydrogens (tertiary/aromatic N) is 2. The van der Waals surface area contributed by atoms with E-state index in [4.69, 9.17) is 4.52 Å². The maximum atomic E-state index is 9.65. The highest BCUT2D eigenvalue weighted by Crippen LogP contribution is 2.48.